The van der Waals surface area contributed by atoms with E-state index in [1.54, 1.807) is 17.2 Å². The van der Waals surface area contributed by atoms with Crippen molar-refractivity contribution in [2.75, 3.05) is 19.6 Å². The van der Waals surface area contributed by atoms with Gasteiger partial charge in [-0.25, -0.2) is 0 Å². The van der Waals surface area contributed by atoms with Crippen molar-refractivity contribution in [3.63, 3.8) is 0 Å². The average Bonchev–Trinajstić information content (AvgIpc) is 2.97. The van der Waals surface area contributed by atoms with Crippen LogP contribution in [0.4, 0.5) is 0 Å². The molecule has 1 fully saturated rings. The topological polar surface area (TPSA) is 82.3 Å². The van der Waals surface area contributed by atoms with E-state index >= 15 is 0 Å². The molecular weight excluding hydrogens is 270 g/mol. The van der Waals surface area contributed by atoms with Gasteiger partial charge in [-0.3, -0.25) is 14.4 Å². The maximum Gasteiger partial charge on any atom is 0.270 e. The van der Waals surface area contributed by atoms with Gasteiger partial charge in [-0.2, -0.15) is 0 Å². The van der Waals surface area contributed by atoms with Crippen LogP contribution >= 0.6 is 0 Å². The van der Waals surface area contributed by atoms with Crippen molar-refractivity contribution in [3.05, 3.63) is 23.5 Å². The Balaban J connectivity index is 1.93. The first-order valence-corrected chi connectivity index (χ1v) is 7.29. The predicted molar refractivity (Wildman–Crippen MR) is 78.1 cm³/mol. The summed E-state index contributed by atoms with van der Waals surface area (Å²) in [5.41, 5.74) is 0.937. The number of piperidine rings is 1. The Hall–Kier alpha value is -2.11. The molecule has 114 valence electrons. The summed E-state index contributed by atoms with van der Waals surface area (Å²) in [7, 11) is 0. The van der Waals surface area contributed by atoms with Crippen LogP contribution in [-0.4, -0.2) is 47.1 Å². The summed E-state index contributed by atoms with van der Waals surface area (Å²) in [5, 5.41) is 2.82. The van der Waals surface area contributed by atoms with Crippen molar-refractivity contribution in [3.8, 4) is 0 Å². The van der Waals surface area contributed by atoms with E-state index in [2.05, 4.69) is 10.3 Å². The minimum atomic E-state index is -0.114. The van der Waals surface area contributed by atoms with Gasteiger partial charge < -0.3 is 15.2 Å². The zero-order valence-corrected chi connectivity index (χ0v) is 12.4. The molecule has 1 saturated heterocycles. The monoisotopic (exact) mass is 291 g/mol. The molecule has 21 heavy (non-hydrogen) atoms. The second-order valence-electron chi connectivity index (χ2n) is 5.32. The molecular formula is C15H21N3O3. The predicted octanol–water partition coefficient (Wildman–Crippen LogP) is 1.21. The second kappa shape index (κ2) is 6.56. The van der Waals surface area contributed by atoms with Gasteiger partial charge in [0.05, 0.1) is 0 Å². The Morgan fingerprint density at radius 2 is 2.00 bits per heavy atom. The molecule has 0 aliphatic carbocycles. The molecule has 0 aromatic carbocycles. The molecule has 1 aromatic heterocycles. The van der Waals surface area contributed by atoms with Gasteiger partial charge in [0, 0.05) is 37.3 Å². The maximum atomic E-state index is 12.3. The molecule has 0 atom stereocenters. The van der Waals surface area contributed by atoms with E-state index in [1.807, 2.05) is 6.92 Å². The minimum absolute atomic E-state index is 0.00887. The number of amides is 2. The van der Waals surface area contributed by atoms with Crippen LogP contribution in [0.5, 0.6) is 0 Å². The summed E-state index contributed by atoms with van der Waals surface area (Å²) in [6, 6.07) is 1.58. The molecule has 0 spiro atoms. The van der Waals surface area contributed by atoms with E-state index in [4.69, 9.17) is 0 Å². The number of carbonyl (C=O) groups excluding carboxylic acids is 3. The molecule has 0 bridgehead atoms. The SMILES string of the molecule is CCNC(=O)C1CCN(C(=O)c2cc(C(C)=O)c[nH]2)CC1. The molecule has 2 heterocycles. The van der Waals surface area contributed by atoms with Gasteiger partial charge in [0.25, 0.3) is 5.91 Å². The van der Waals surface area contributed by atoms with E-state index in [-0.39, 0.29) is 23.5 Å². The molecule has 1 aliphatic rings. The van der Waals surface area contributed by atoms with Crippen LogP contribution in [0, 0.1) is 5.92 Å². The lowest BCUT2D eigenvalue weighted by molar-refractivity contribution is -0.126. The number of Topliss-reactive ketones (excluding diaryl/α,β-unsaturated/α-hetero) is 1. The Labute approximate surface area is 123 Å². The lowest BCUT2D eigenvalue weighted by atomic mass is 9.95. The Bertz CT molecular complexity index is 542. The number of ketones is 1. The third kappa shape index (κ3) is 3.51. The fourth-order valence-corrected chi connectivity index (χ4v) is 2.55. The van der Waals surface area contributed by atoms with Gasteiger partial charge in [0.1, 0.15) is 5.69 Å². The van der Waals surface area contributed by atoms with E-state index in [1.165, 1.54) is 6.92 Å². The molecule has 2 amide bonds. The highest BCUT2D eigenvalue weighted by molar-refractivity contribution is 5.99. The molecule has 0 saturated carbocycles. The van der Waals surface area contributed by atoms with Gasteiger partial charge in [0.2, 0.25) is 5.91 Å². The number of likely N-dealkylation sites (tertiary alicyclic amines) is 1. The highest BCUT2D eigenvalue weighted by Gasteiger charge is 2.28. The number of H-pyrrole nitrogens is 1. The molecule has 1 aliphatic heterocycles. The number of aromatic amines is 1. The Morgan fingerprint density at radius 1 is 1.33 bits per heavy atom. The summed E-state index contributed by atoms with van der Waals surface area (Å²) in [4.78, 5) is 39.9. The smallest absolute Gasteiger partial charge is 0.270 e. The third-order valence-electron chi connectivity index (χ3n) is 3.82. The molecule has 6 nitrogen and oxygen atoms in total. The Morgan fingerprint density at radius 3 is 2.52 bits per heavy atom. The number of nitrogens with one attached hydrogen (secondary N) is 2. The Kier molecular flexibility index (Phi) is 4.77. The number of aromatic nitrogens is 1. The van der Waals surface area contributed by atoms with Crippen LogP contribution in [0.2, 0.25) is 0 Å². The maximum absolute atomic E-state index is 12.3. The molecule has 1 aromatic rings. The lowest BCUT2D eigenvalue weighted by Gasteiger charge is -2.31. The highest BCUT2D eigenvalue weighted by Crippen LogP contribution is 2.19. The number of carbonyl (C=O) groups is 3. The van der Waals surface area contributed by atoms with Crippen LogP contribution in [-0.2, 0) is 4.79 Å². The van der Waals surface area contributed by atoms with E-state index in [9.17, 15) is 14.4 Å². The fraction of sp³-hybridized carbons (Fsp3) is 0.533. The summed E-state index contributed by atoms with van der Waals surface area (Å²) in [6.45, 7) is 5.13. The molecule has 2 N–H and O–H groups in total. The first-order valence-electron chi connectivity index (χ1n) is 7.29. The van der Waals surface area contributed by atoms with Gasteiger partial charge >= 0.3 is 0 Å². The minimum Gasteiger partial charge on any atom is -0.356 e. The number of hydrogen-bond donors (Lipinski definition) is 2. The van der Waals surface area contributed by atoms with Crippen molar-refractivity contribution in [2.24, 2.45) is 5.92 Å². The van der Waals surface area contributed by atoms with Crippen LogP contribution in [0.25, 0.3) is 0 Å². The zero-order valence-electron chi connectivity index (χ0n) is 12.4. The first-order chi connectivity index (χ1) is 10.0. The van der Waals surface area contributed by atoms with E-state index in [0.29, 0.717) is 43.7 Å². The quantitative estimate of drug-likeness (QED) is 0.818. The summed E-state index contributed by atoms with van der Waals surface area (Å²) >= 11 is 0. The van der Waals surface area contributed by atoms with Crippen molar-refractivity contribution in [1.29, 1.82) is 0 Å². The lowest BCUT2D eigenvalue weighted by Crippen LogP contribution is -2.43. The van der Waals surface area contributed by atoms with Crippen LogP contribution < -0.4 is 5.32 Å². The molecule has 6 heteroatoms. The van der Waals surface area contributed by atoms with Crippen LogP contribution in [0.1, 0.15) is 47.5 Å². The van der Waals surface area contributed by atoms with Gasteiger partial charge in [-0.1, -0.05) is 0 Å². The van der Waals surface area contributed by atoms with Crippen molar-refractivity contribution < 1.29 is 14.4 Å². The molecule has 0 radical (unpaired) electrons. The third-order valence-corrected chi connectivity index (χ3v) is 3.82. The molecule has 2 rings (SSSR count). The van der Waals surface area contributed by atoms with E-state index in [0.717, 1.165) is 0 Å². The average molecular weight is 291 g/mol. The highest BCUT2D eigenvalue weighted by atomic mass is 16.2. The van der Waals surface area contributed by atoms with Crippen molar-refractivity contribution >= 4 is 17.6 Å². The van der Waals surface area contributed by atoms with Gasteiger partial charge in [-0.15, -0.1) is 0 Å². The van der Waals surface area contributed by atoms with Crippen molar-refractivity contribution in [1.82, 2.24) is 15.2 Å². The second-order valence-corrected chi connectivity index (χ2v) is 5.32. The summed E-state index contributed by atoms with van der Waals surface area (Å²) < 4.78 is 0. The van der Waals surface area contributed by atoms with Crippen LogP contribution in [0.3, 0.4) is 0 Å². The van der Waals surface area contributed by atoms with Crippen LogP contribution in [0.15, 0.2) is 12.3 Å². The largest absolute Gasteiger partial charge is 0.356 e. The molecule has 0 unspecified atom stereocenters. The van der Waals surface area contributed by atoms with E-state index < -0.39 is 0 Å². The number of rotatable bonds is 4. The van der Waals surface area contributed by atoms with Gasteiger partial charge in [-0.05, 0) is 32.8 Å². The van der Waals surface area contributed by atoms with Crippen molar-refractivity contribution in [2.45, 2.75) is 26.7 Å². The van der Waals surface area contributed by atoms with Gasteiger partial charge in [0.15, 0.2) is 5.78 Å². The number of hydrogen-bond acceptors (Lipinski definition) is 3. The standard InChI is InChI=1S/C15H21N3O3/c1-3-16-14(20)11-4-6-18(7-5-11)15(21)13-8-12(9-17-13)10(2)19/h8-9,11,17H,3-7H2,1-2H3,(H,16,20). The zero-order chi connectivity index (χ0) is 15.4. The summed E-state index contributed by atoms with van der Waals surface area (Å²) in [5.74, 6) is -0.120. The normalized spacial score (nSPS) is 15.8. The fourth-order valence-electron chi connectivity index (χ4n) is 2.55. The first kappa shape index (κ1) is 15.3. The summed E-state index contributed by atoms with van der Waals surface area (Å²) in [6.07, 6.45) is 2.91. The number of nitrogens with zero attached hydrogens (tertiary/aromatic N) is 1.